The molecule has 0 unspecified atom stereocenters. The third-order valence-electron chi connectivity index (χ3n) is 6.93. The third-order valence-corrected chi connectivity index (χ3v) is 7.19. The number of aryl methyl sites for hydroxylation is 4. The van der Waals surface area contributed by atoms with Gasteiger partial charge >= 0.3 is 0 Å². The smallest absolute Gasteiger partial charge is 0.224 e. The number of nitrogens with one attached hydrogen (secondary N) is 1. The molecule has 38 heavy (non-hydrogen) atoms. The van der Waals surface area contributed by atoms with E-state index in [1.54, 1.807) is 0 Å². The first-order valence-corrected chi connectivity index (χ1v) is 14.0. The summed E-state index contributed by atoms with van der Waals surface area (Å²) in [6, 6.07) is 22.1. The summed E-state index contributed by atoms with van der Waals surface area (Å²) in [5.74, 6) is 2.15. The van der Waals surface area contributed by atoms with E-state index in [-0.39, 0.29) is 5.91 Å². The van der Waals surface area contributed by atoms with Crippen LogP contribution in [-0.4, -0.2) is 28.6 Å². The normalized spacial score (nSPS) is 11.1. The van der Waals surface area contributed by atoms with E-state index in [4.69, 9.17) is 21.3 Å². The van der Waals surface area contributed by atoms with Gasteiger partial charge in [-0.05, 0) is 92.6 Å². The van der Waals surface area contributed by atoms with Crippen LogP contribution >= 0.6 is 11.6 Å². The lowest BCUT2D eigenvalue weighted by Crippen LogP contribution is -2.26. The van der Waals surface area contributed by atoms with Gasteiger partial charge in [0.2, 0.25) is 5.91 Å². The molecule has 1 heterocycles. The number of imidazole rings is 1. The van der Waals surface area contributed by atoms with Crippen LogP contribution in [0.3, 0.4) is 0 Å². The molecule has 0 saturated carbocycles. The highest BCUT2D eigenvalue weighted by Crippen LogP contribution is 2.20. The first kappa shape index (κ1) is 27.7. The molecule has 0 aliphatic carbocycles. The first-order valence-electron chi connectivity index (χ1n) is 13.6. The fourth-order valence-corrected chi connectivity index (χ4v) is 4.72. The summed E-state index contributed by atoms with van der Waals surface area (Å²) in [6.45, 7) is 6.59. The van der Waals surface area contributed by atoms with E-state index in [9.17, 15) is 4.79 Å². The second kappa shape index (κ2) is 14.0. The molecule has 1 amide bonds. The van der Waals surface area contributed by atoms with E-state index in [2.05, 4.69) is 60.1 Å². The van der Waals surface area contributed by atoms with E-state index >= 15 is 0 Å². The molecule has 1 aromatic heterocycles. The molecule has 0 bridgehead atoms. The Kier molecular flexibility index (Phi) is 10.2. The van der Waals surface area contributed by atoms with Gasteiger partial charge in [0.25, 0.3) is 0 Å². The highest BCUT2D eigenvalue weighted by atomic mass is 35.5. The van der Waals surface area contributed by atoms with Crippen molar-refractivity contribution in [3.63, 3.8) is 0 Å². The van der Waals surface area contributed by atoms with Gasteiger partial charge in [-0.25, -0.2) is 4.98 Å². The lowest BCUT2D eigenvalue weighted by Gasteiger charge is -2.11. The maximum Gasteiger partial charge on any atom is 0.224 e. The minimum atomic E-state index is 0.0515. The highest BCUT2D eigenvalue weighted by Gasteiger charge is 2.10. The van der Waals surface area contributed by atoms with Gasteiger partial charge < -0.3 is 14.6 Å². The van der Waals surface area contributed by atoms with Crippen LogP contribution in [0.2, 0.25) is 5.02 Å². The summed E-state index contributed by atoms with van der Waals surface area (Å²) in [7, 11) is 0. The number of hydrogen-bond acceptors (Lipinski definition) is 3. The lowest BCUT2D eigenvalue weighted by molar-refractivity contribution is -0.120. The largest absolute Gasteiger partial charge is 0.494 e. The predicted molar refractivity (Wildman–Crippen MR) is 156 cm³/mol. The summed E-state index contributed by atoms with van der Waals surface area (Å²) < 4.78 is 8.35. The Morgan fingerprint density at radius 1 is 0.921 bits per heavy atom. The van der Waals surface area contributed by atoms with E-state index in [1.807, 2.05) is 30.3 Å². The molecule has 0 fully saturated rings. The third kappa shape index (κ3) is 8.09. The molecule has 3 aromatic carbocycles. The van der Waals surface area contributed by atoms with Crippen LogP contribution in [0.1, 0.15) is 54.6 Å². The number of carbonyl (C=O) groups is 1. The minimum absolute atomic E-state index is 0.0515. The summed E-state index contributed by atoms with van der Waals surface area (Å²) in [6.07, 6.45) is 6.42. The van der Waals surface area contributed by atoms with Gasteiger partial charge in [-0.15, -0.1) is 0 Å². The van der Waals surface area contributed by atoms with Crippen molar-refractivity contribution in [3.05, 3.63) is 94.3 Å². The number of hydrogen-bond donors (Lipinski definition) is 1. The maximum absolute atomic E-state index is 12.2. The van der Waals surface area contributed by atoms with Crippen molar-refractivity contribution in [2.24, 2.45) is 0 Å². The Labute approximate surface area is 231 Å². The van der Waals surface area contributed by atoms with Crippen LogP contribution in [0.5, 0.6) is 5.75 Å². The number of nitrogens with zero attached hydrogens (tertiary/aromatic N) is 2. The maximum atomic E-state index is 12.2. The second-order valence-electron chi connectivity index (χ2n) is 9.93. The zero-order valence-electron chi connectivity index (χ0n) is 22.5. The Morgan fingerprint density at radius 3 is 2.55 bits per heavy atom. The van der Waals surface area contributed by atoms with Crippen molar-refractivity contribution in [1.29, 1.82) is 0 Å². The van der Waals surface area contributed by atoms with E-state index < -0.39 is 0 Å². The number of fused-ring (bicyclic) bond motifs is 1. The van der Waals surface area contributed by atoms with Gasteiger partial charge in [0.15, 0.2) is 0 Å². The molecule has 4 aromatic rings. The van der Waals surface area contributed by atoms with E-state index in [0.717, 1.165) is 67.7 Å². The fourth-order valence-electron chi connectivity index (χ4n) is 4.59. The summed E-state index contributed by atoms with van der Waals surface area (Å²) in [5, 5.41) is 3.72. The number of ether oxygens (including phenoxy) is 1. The zero-order chi connectivity index (χ0) is 26.7. The summed E-state index contributed by atoms with van der Waals surface area (Å²) in [5.41, 5.74) is 5.78. The molecule has 0 aliphatic heterocycles. The highest BCUT2D eigenvalue weighted by molar-refractivity contribution is 6.30. The number of para-hydroxylation sites is 2. The molecule has 0 atom stereocenters. The zero-order valence-corrected chi connectivity index (χ0v) is 23.3. The molecular weight excluding hydrogens is 494 g/mol. The average molecular weight is 532 g/mol. The van der Waals surface area contributed by atoms with E-state index in [0.29, 0.717) is 24.6 Å². The molecule has 0 spiro atoms. The van der Waals surface area contributed by atoms with Gasteiger partial charge in [0.1, 0.15) is 11.6 Å². The molecule has 4 rings (SSSR count). The van der Waals surface area contributed by atoms with Crippen molar-refractivity contribution in [3.8, 4) is 5.75 Å². The SMILES string of the molecule is Cc1ccc(OCCCCn2c(CCCCCNC(=O)Cc3ccc(Cl)cc3)nc3ccccc32)cc1C. The standard InChI is InChI=1S/C32H38ClN3O2/c1-24-13-18-28(22-25(24)2)38-21-9-8-20-36-30-11-6-5-10-29(30)35-31(36)12-4-3-7-19-34-32(37)23-26-14-16-27(33)17-15-26/h5-6,10-11,13-18,22H,3-4,7-9,12,19-21,23H2,1-2H3,(H,34,37). The van der Waals surface area contributed by atoms with Crippen molar-refractivity contribution < 1.29 is 9.53 Å². The molecule has 1 N–H and O–H groups in total. The molecule has 200 valence electrons. The van der Waals surface area contributed by atoms with Crippen LogP contribution in [0.25, 0.3) is 11.0 Å². The number of halogens is 1. The molecular formula is C32H38ClN3O2. The Balaban J connectivity index is 1.19. The number of unbranched alkanes of at least 4 members (excludes halogenated alkanes) is 3. The average Bonchev–Trinajstić information content (AvgIpc) is 3.26. The molecule has 0 saturated heterocycles. The molecule has 6 heteroatoms. The number of carbonyl (C=O) groups excluding carboxylic acids is 1. The van der Waals surface area contributed by atoms with E-state index in [1.165, 1.54) is 16.6 Å². The van der Waals surface area contributed by atoms with Crippen LogP contribution in [0, 0.1) is 13.8 Å². The Hall–Kier alpha value is -3.31. The molecule has 0 radical (unpaired) electrons. The lowest BCUT2D eigenvalue weighted by atomic mass is 10.1. The van der Waals surface area contributed by atoms with Crippen LogP contribution in [0.15, 0.2) is 66.7 Å². The van der Waals surface area contributed by atoms with Gasteiger partial charge in [-0.1, -0.05) is 48.4 Å². The van der Waals surface area contributed by atoms with Gasteiger partial charge in [-0.3, -0.25) is 4.79 Å². The van der Waals surface area contributed by atoms with Crippen molar-refractivity contribution in [1.82, 2.24) is 14.9 Å². The number of aromatic nitrogens is 2. The first-order chi connectivity index (χ1) is 18.5. The van der Waals surface area contributed by atoms with Gasteiger partial charge in [0, 0.05) is 24.5 Å². The van der Waals surface area contributed by atoms with Gasteiger partial charge in [0.05, 0.1) is 24.1 Å². The Morgan fingerprint density at radius 2 is 1.74 bits per heavy atom. The number of benzene rings is 3. The van der Waals surface area contributed by atoms with Crippen LogP contribution < -0.4 is 10.1 Å². The fraction of sp³-hybridized carbons (Fsp3) is 0.375. The minimum Gasteiger partial charge on any atom is -0.494 e. The summed E-state index contributed by atoms with van der Waals surface area (Å²) in [4.78, 5) is 17.1. The quantitative estimate of drug-likeness (QED) is 0.174. The van der Waals surface area contributed by atoms with Crippen molar-refractivity contribution in [2.75, 3.05) is 13.2 Å². The van der Waals surface area contributed by atoms with Gasteiger partial charge in [-0.2, -0.15) is 0 Å². The summed E-state index contributed by atoms with van der Waals surface area (Å²) >= 11 is 5.91. The molecule has 5 nitrogen and oxygen atoms in total. The monoisotopic (exact) mass is 531 g/mol. The molecule has 0 aliphatic rings. The van der Waals surface area contributed by atoms with Crippen molar-refractivity contribution in [2.45, 2.75) is 65.3 Å². The van der Waals surface area contributed by atoms with Crippen LogP contribution in [0.4, 0.5) is 0 Å². The van der Waals surface area contributed by atoms with Crippen LogP contribution in [-0.2, 0) is 24.2 Å². The predicted octanol–water partition coefficient (Wildman–Crippen LogP) is 7.24. The number of rotatable bonds is 14. The Bertz CT molecular complexity index is 1330. The second-order valence-corrected chi connectivity index (χ2v) is 10.4. The van der Waals surface area contributed by atoms with Crippen molar-refractivity contribution >= 4 is 28.5 Å². The number of amides is 1. The topological polar surface area (TPSA) is 56.1 Å².